The first kappa shape index (κ1) is 14.7. The Hall–Kier alpha value is -1.69. The van der Waals surface area contributed by atoms with Gasteiger partial charge in [-0.3, -0.25) is 0 Å². The van der Waals surface area contributed by atoms with E-state index < -0.39 is 0 Å². The van der Waals surface area contributed by atoms with E-state index in [-0.39, 0.29) is 5.75 Å². The number of benzene rings is 1. The largest absolute Gasteiger partial charge is 0.507 e. The van der Waals surface area contributed by atoms with E-state index in [1.807, 2.05) is 0 Å². The van der Waals surface area contributed by atoms with Crippen LogP contribution in [0.1, 0.15) is 26.1 Å². The highest BCUT2D eigenvalue weighted by molar-refractivity contribution is 7.99. The highest BCUT2D eigenvalue weighted by Gasteiger charge is 2.14. The van der Waals surface area contributed by atoms with E-state index in [2.05, 4.69) is 24.0 Å². The molecular formula is C14H18N2O3S. The minimum atomic E-state index is 0.0931. The number of aromatic hydroxyl groups is 1. The third-order valence-electron chi connectivity index (χ3n) is 2.97. The summed E-state index contributed by atoms with van der Waals surface area (Å²) in [6.45, 7) is 4.31. The van der Waals surface area contributed by atoms with Crippen LogP contribution in [0.4, 0.5) is 0 Å². The van der Waals surface area contributed by atoms with Gasteiger partial charge in [-0.2, -0.15) is 16.7 Å². The van der Waals surface area contributed by atoms with Crippen molar-refractivity contribution in [3.8, 4) is 23.0 Å². The minimum absolute atomic E-state index is 0.0931. The van der Waals surface area contributed by atoms with E-state index in [0.717, 1.165) is 6.42 Å². The van der Waals surface area contributed by atoms with Crippen molar-refractivity contribution in [1.82, 2.24) is 10.1 Å². The van der Waals surface area contributed by atoms with Gasteiger partial charge in [0.2, 0.25) is 0 Å². The third-order valence-corrected chi connectivity index (χ3v) is 4.30. The summed E-state index contributed by atoms with van der Waals surface area (Å²) in [7, 11) is 1.57. The molecule has 0 aliphatic heterocycles. The Morgan fingerprint density at radius 2 is 2.25 bits per heavy atom. The third kappa shape index (κ3) is 3.45. The molecule has 2 rings (SSSR count). The standard InChI is InChI=1S/C14H18N2O3S/c1-4-9(2)20-8-13-15-14(19-16-13)11-7-10(18-3)5-6-12(11)17/h5-7,9,17H,4,8H2,1-3H3. The summed E-state index contributed by atoms with van der Waals surface area (Å²) in [5.74, 6) is 2.36. The second-order valence-corrected chi connectivity index (χ2v) is 5.86. The number of rotatable bonds is 6. The van der Waals surface area contributed by atoms with Gasteiger partial charge in [0.1, 0.15) is 11.5 Å². The van der Waals surface area contributed by atoms with Crippen molar-refractivity contribution in [2.24, 2.45) is 0 Å². The number of thioether (sulfide) groups is 1. The Labute approximate surface area is 122 Å². The maximum Gasteiger partial charge on any atom is 0.261 e. The quantitative estimate of drug-likeness (QED) is 0.879. The summed E-state index contributed by atoms with van der Waals surface area (Å²) in [5.41, 5.74) is 0.483. The van der Waals surface area contributed by atoms with Gasteiger partial charge < -0.3 is 14.4 Å². The van der Waals surface area contributed by atoms with Crippen molar-refractivity contribution < 1.29 is 14.4 Å². The van der Waals surface area contributed by atoms with E-state index in [9.17, 15) is 5.11 Å². The average Bonchev–Trinajstić information content (AvgIpc) is 2.94. The summed E-state index contributed by atoms with van der Waals surface area (Å²) in [4.78, 5) is 4.31. The Bertz CT molecular complexity index is 571. The van der Waals surface area contributed by atoms with Gasteiger partial charge in [0.15, 0.2) is 5.82 Å². The van der Waals surface area contributed by atoms with Crippen LogP contribution in [-0.2, 0) is 5.75 Å². The molecule has 0 aliphatic carbocycles. The monoisotopic (exact) mass is 294 g/mol. The molecule has 6 heteroatoms. The molecular weight excluding hydrogens is 276 g/mol. The van der Waals surface area contributed by atoms with Crippen molar-refractivity contribution >= 4 is 11.8 Å². The van der Waals surface area contributed by atoms with Gasteiger partial charge in [0.05, 0.1) is 18.4 Å². The summed E-state index contributed by atoms with van der Waals surface area (Å²) < 4.78 is 10.3. The lowest BCUT2D eigenvalue weighted by molar-refractivity contribution is 0.407. The molecule has 0 bridgehead atoms. The fourth-order valence-corrected chi connectivity index (χ4v) is 2.36. The van der Waals surface area contributed by atoms with E-state index in [0.29, 0.717) is 34.0 Å². The van der Waals surface area contributed by atoms with E-state index >= 15 is 0 Å². The zero-order valence-electron chi connectivity index (χ0n) is 11.8. The Kier molecular flexibility index (Phi) is 4.89. The lowest BCUT2D eigenvalue weighted by Gasteiger charge is -2.04. The molecule has 1 unspecified atom stereocenters. The van der Waals surface area contributed by atoms with Gasteiger partial charge in [-0.05, 0) is 24.6 Å². The molecule has 1 aromatic heterocycles. The van der Waals surface area contributed by atoms with Gasteiger partial charge in [-0.25, -0.2) is 0 Å². The lowest BCUT2D eigenvalue weighted by Crippen LogP contribution is -1.94. The molecule has 0 spiro atoms. The zero-order valence-corrected chi connectivity index (χ0v) is 12.6. The van der Waals surface area contributed by atoms with Gasteiger partial charge in [0.25, 0.3) is 5.89 Å². The number of aromatic nitrogens is 2. The van der Waals surface area contributed by atoms with Crippen molar-refractivity contribution in [2.75, 3.05) is 7.11 Å². The van der Waals surface area contributed by atoms with Crippen molar-refractivity contribution in [3.05, 3.63) is 24.0 Å². The van der Waals surface area contributed by atoms with Crippen LogP contribution in [0.5, 0.6) is 11.5 Å². The predicted octanol–water partition coefficient (Wildman–Crippen LogP) is 3.48. The Morgan fingerprint density at radius 1 is 1.45 bits per heavy atom. The molecule has 108 valence electrons. The van der Waals surface area contributed by atoms with Gasteiger partial charge in [0, 0.05) is 5.25 Å². The van der Waals surface area contributed by atoms with Crippen LogP contribution in [0.15, 0.2) is 22.7 Å². The molecule has 0 amide bonds. The molecule has 5 nitrogen and oxygen atoms in total. The van der Waals surface area contributed by atoms with Crippen molar-refractivity contribution in [1.29, 1.82) is 0 Å². The SMILES string of the molecule is CCC(C)SCc1noc(-c2cc(OC)ccc2O)n1. The second kappa shape index (κ2) is 6.65. The molecule has 1 N–H and O–H groups in total. The summed E-state index contributed by atoms with van der Waals surface area (Å²) >= 11 is 1.78. The number of phenolic OH excluding ortho intramolecular Hbond substituents is 1. The van der Waals surface area contributed by atoms with Crippen LogP contribution in [0.25, 0.3) is 11.5 Å². The first-order valence-corrected chi connectivity index (χ1v) is 7.50. The lowest BCUT2D eigenvalue weighted by atomic mass is 10.2. The minimum Gasteiger partial charge on any atom is -0.507 e. The second-order valence-electron chi connectivity index (χ2n) is 4.43. The number of phenols is 1. The van der Waals surface area contributed by atoms with Gasteiger partial charge >= 0.3 is 0 Å². The molecule has 0 radical (unpaired) electrons. The first-order chi connectivity index (χ1) is 9.63. The molecule has 20 heavy (non-hydrogen) atoms. The zero-order chi connectivity index (χ0) is 14.5. The van der Waals surface area contributed by atoms with Crippen LogP contribution >= 0.6 is 11.8 Å². The number of methoxy groups -OCH3 is 1. The van der Waals surface area contributed by atoms with Crippen molar-refractivity contribution in [3.63, 3.8) is 0 Å². The summed E-state index contributed by atoms with van der Waals surface area (Å²) in [6, 6.07) is 4.90. The fraction of sp³-hybridized carbons (Fsp3) is 0.429. The smallest absolute Gasteiger partial charge is 0.261 e. The maximum absolute atomic E-state index is 9.86. The molecule has 1 aromatic carbocycles. The first-order valence-electron chi connectivity index (χ1n) is 6.45. The van der Waals surface area contributed by atoms with E-state index in [4.69, 9.17) is 9.26 Å². The average molecular weight is 294 g/mol. The molecule has 0 aliphatic rings. The molecule has 0 saturated carbocycles. The highest BCUT2D eigenvalue weighted by Crippen LogP contribution is 2.31. The summed E-state index contributed by atoms with van der Waals surface area (Å²) in [6.07, 6.45) is 1.10. The normalized spacial score (nSPS) is 12.3. The molecule has 0 fully saturated rings. The van der Waals surface area contributed by atoms with Crippen LogP contribution in [0, 0.1) is 0 Å². The predicted molar refractivity (Wildman–Crippen MR) is 79.0 cm³/mol. The van der Waals surface area contributed by atoms with Crippen LogP contribution in [-0.4, -0.2) is 27.6 Å². The molecule has 1 heterocycles. The maximum atomic E-state index is 9.86. The number of ether oxygens (including phenoxy) is 1. The van der Waals surface area contributed by atoms with Gasteiger partial charge in [-0.15, -0.1) is 0 Å². The van der Waals surface area contributed by atoms with Crippen LogP contribution < -0.4 is 4.74 Å². The molecule has 1 atom stereocenters. The Morgan fingerprint density at radius 3 is 2.95 bits per heavy atom. The van der Waals surface area contributed by atoms with Crippen LogP contribution in [0.2, 0.25) is 0 Å². The van der Waals surface area contributed by atoms with E-state index in [1.54, 1.807) is 37.1 Å². The van der Waals surface area contributed by atoms with Crippen molar-refractivity contribution in [2.45, 2.75) is 31.3 Å². The fourth-order valence-electron chi connectivity index (χ4n) is 1.57. The summed E-state index contributed by atoms with van der Waals surface area (Å²) in [5, 5.41) is 14.4. The molecule has 2 aromatic rings. The van der Waals surface area contributed by atoms with Gasteiger partial charge in [-0.1, -0.05) is 19.0 Å². The van der Waals surface area contributed by atoms with E-state index in [1.165, 1.54) is 0 Å². The topological polar surface area (TPSA) is 68.4 Å². The number of hydrogen-bond acceptors (Lipinski definition) is 6. The molecule has 0 saturated heterocycles. The van der Waals surface area contributed by atoms with Crippen LogP contribution in [0.3, 0.4) is 0 Å². The number of hydrogen-bond donors (Lipinski definition) is 1. The number of nitrogens with zero attached hydrogens (tertiary/aromatic N) is 2. The highest BCUT2D eigenvalue weighted by atomic mass is 32.2. The Balaban J connectivity index is 2.16.